The maximum Gasteiger partial charge on any atom is 0.242 e. The van der Waals surface area contributed by atoms with Crippen LogP contribution in [0, 0.1) is 5.92 Å². The first kappa shape index (κ1) is 17.9. The molecule has 1 rings (SSSR count). The van der Waals surface area contributed by atoms with E-state index in [0.29, 0.717) is 26.4 Å². The second-order valence-corrected chi connectivity index (χ2v) is 5.22. The van der Waals surface area contributed by atoms with Crippen LogP contribution in [0.5, 0.6) is 0 Å². The van der Waals surface area contributed by atoms with E-state index in [0.717, 1.165) is 13.0 Å². The van der Waals surface area contributed by atoms with E-state index in [1.165, 1.54) is 0 Å². The molecule has 0 bridgehead atoms. The normalized spacial score (nSPS) is 22.8. The Labute approximate surface area is 126 Å². The molecule has 2 amide bonds. The van der Waals surface area contributed by atoms with Crippen molar-refractivity contribution in [3.63, 3.8) is 0 Å². The van der Waals surface area contributed by atoms with Crippen LogP contribution in [-0.4, -0.2) is 63.9 Å². The molecular weight excluding hydrogens is 274 g/mol. The molecule has 3 unspecified atom stereocenters. The Balaban J connectivity index is 2.38. The van der Waals surface area contributed by atoms with E-state index >= 15 is 0 Å². The molecule has 0 aliphatic carbocycles. The summed E-state index contributed by atoms with van der Waals surface area (Å²) in [7, 11) is 1.57. The zero-order valence-corrected chi connectivity index (χ0v) is 13.1. The fourth-order valence-electron chi connectivity index (χ4n) is 2.16. The van der Waals surface area contributed by atoms with Crippen LogP contribution in [0.3, 0.4) is 0 Å². The molecule has 122 valence electrons. The van der Waals surface area contributed by atoms with Crippen molar-refractivity contribution in [3.05, 3.63) is 0 Å². The van der Waals surface area contributed by atoms with Gasteiger partial charge in [-0.15, -0.1) is 0 Å². The van der Waals surface area contributed by atoms with E-state index in [4.69, 9.17) is 9.47 Å². The molecule has 0 spiro atoms. The Kier molecular flexibility index (Phi) is 8.26. The summed E-state index contributed by atoms with van der Waals surface area (Å²) in [6.07, 6.45) is 1.00. The summed E-state index contributed by atoms with van der Waals surface area (Å²) < 4.78 is 10.2. The summed E-state index contributed by atoms with van der Waals surface area (Å²) in [5.41, 5.74) is 0. The SMILES string of the molecule is CCCNC1COCC1C(=O)NC(C)C(=O)NCCOC. The number of rotatable bonds is 9. The molecule has 0 aromatic carbocycles. The topological polar surface area (TPSA) is 88.7 Å². The van der Waals surface area contributed by atoms with Crippen molar-refractivity contribution in [2.24, 2.45) is 5.92 Å². The van der Waals surface area contributed by atoms with Gasteiger partial charge in [0.15, 0.2) is 0 Å². The van der Waals surface area contributed by atoms with Gasteiger partial charge in [0.2, 0.25) is 11.8 Å². The molecule has 21 heavy (non-hydrogen) atoms. The zero-order chi connectivity index (χ0) is 15.7. The van der Waals surface area contributed by atoms with Crippen LogP contribution in [0.4, 0.5) is 0 Å². The number of amides is 2. The maximum atomic E-state index is 12.2. The third-order valence-corrected chi connectivity index (χ3v) is 3.43. The number of hydrogen-bond donors (Lipinski definition) is 3. The summed E-state index contributed by atoms with van der Waals surface area (Å²) in [6.45, 7) is 6.41. The molecule has 0 aromatic heterocycles. The van der Waals surface area contributed by atoms with Crippen molar-refractivity contribution in [2.75, 3.05) is 40.0 Å². The van der Waals surface area contributed by atoms with Crippen molar-refractivity contribution in [3.8, 4) is 0 Å². The van der Waals surface area contributed by atoms with E-state index in [2.05, 4.69) is 22.9 Å². The first-order chi connectivity index (χ1) is 10.1. The summed E-state index contributed by atoms with van der Waals surface area (Å²) in [5.74, 6) is -0.598. The number of ether oxygens (including phenoxy) is 2. The van der Waals surface area contributed by atoms with Gasteiger partial charge in [0.25, 0.3) is 0 Å². The van der Waals surface area contributed by atoms with E-state index in [1.807, 2.05) is 0 Å². The van der Waals surface area contributed by atoms with Gasteiger partial charge in [-0.3, -0.25) is 9.59 Å². The fourth-order valence-corrected chi connectivity index (χ4v) is 2.16. The standard InChI is InChI=1S/C14H27N3O4/c1-4-5-15-12-9-21-8-11(12)14(19)17-10(2)13(18)16-6-7-20-3/h10-12,15H,4-9H2,1-3H3,(H,16,18)(H,17,19). The van der Waals surface area contributed by atoms with Crippen LogP contribution in [-0.2, 0) is 19.1 Å². The Morgan fingerprint density at radius 3 is 2.76 bits per heavy atom. The monoisotopic (exact) mass is 301 g/mol. The number of methoxy groups -OCH3 is 1. The van der Waals surface area contributed by atoms with Gasteiger partial charge in [-0.25, -0.2) is 0 Å². The minimum Gasteiger partial charge on any atom is -0.383 e. The lowest BCUT2D eigenvalue weighted by molar-refractivity contribution is -0.131. The van der Waals surface area contributed by atoms with E-state index in [1.54, 1.807) is 14.0 Å². The van der Waals surface area contributed by atoms with Gasteiger partial charge in [-0.2, -0.15) is 0 Å². The second kappa shape index (κ2) is 9.70. The maximum absolute atomic E-state index is 12.2. The molecule has 3 atom stereocenters. The summed E-state index contributed by atoms with van der Waals surface area (Å²) >= 11 is 0. The average Bonchev–Trinajstić information content (AvgIpc) is 2.93. The molecule has 1 aliphatic heterocycles. The Morgan fingerprint density at radius 1 is 1.33 bits per heavy atom. The van der Waals surface area contributed by atoms with Crippen LogP contribution in [0.25, 0.3) is 0 Å². The minimum absolute atomic E-state index is 0.0219. The van der Waals surface area contributed by atoms with Gasteiger partial charge in [0.05, 0.1) is 25.7 Å². The minimum atomic E-state index is -0.568. The van der Waals surface area contributed by atoms with Gasteiger partial charge in [-0.05, 0) is 19.9 Å². The lowest BCUT2D eigenvalue weighted by Gasteiger charge is -2.21. The predicted octanol–water partition coefficient (Wildman–Crippen LogP) is -0.732. The molecule has 7 nitrogen and oxygen atoms in total. The fraction of sp³-hybridized carbons (Fsp3) is 0.857. The highest BCUT2D eigenvalue weighted by molar-refractivity contribution is 5.88. The van der Waals surface area contributed by atoms with Crippen molar-refractivity contribution < 1.29 is 19.1 Å². The van der Waals surface area contributed by atoms with E-state index in [9.17, 15) is 9.59 Å². The van der Waals surface area contributed by atoms with Gasteiger partial charge in [0, 0.05) is 19.7 Å². The quantitative estimate of drug-likeness (QED) is 0.489. The van der Waals surface area contributed by atoms with Crippen molar-refractivity contribution >= 4 is 11.8 Å². The molecule has 0 saturated carbocycles. The van der Waals surface area contributed by atoms with Crippen molar-refractivity contribution in [1.82, 2.24) is 16.0 Å². The summed E-state index contributed by atoms with van der Waals surface area (Å²) in [4.78, 5) is 24.0. The molecule has 3 N–H and O–H groups in total. The van der Waals surface area contributed by atoms with Gasteiger partial charge in [0.1, 0.15) is 6.04 Å². The predicted molar refractivity (Wildman–Crippen MR) is 78.9 cm³/mol. The highest BCUT2D eigenvalue weighted by Crippen LogP contribution is 2.14. The van der Waals surface area contributed by atoms with Gasteiger partial charge in [-0.1, -0.05) is 6.92 Å². The number of hydrogen-bond acceptors (Lipinski definition) is 5. The van der Waals surface area contributed by atoms with Gasteiger partial charge >= 0.3 is 0 Å². The van der Waals surface area contributed by atoms with Crippen LogP contribution >= 0.6 is 0 Å². The van der Waals surface area contributed by atoms with Crippen LogP contribution in [0.2, 0.25) is 0 Å². The van der Waals surface area contributed by atoms with E-state index < -0.39 is 6.04 Å². The van der Waals surface area contributed by atoms with Gasteiger partial charge < -0.3 is 25.4 Å². The highest BCUT2D eigenvalue weighted by atomic mass is 16.5. The number of nitrogens with one attached hydrogen (secondary N) is 3. The third-order valence-electron chi connectivity index (χ3n) is 3.43. The Hall–Kier alpha value is -1.18. The molecule has 1 saturated heterocycles. The zero-order valence-electron chi connectivity index (χ0n) is 13.1. The summed E-state index contributed by atoms with van der Waals surface area (Å²) in [5, 5.41) is 8.75. The van der Waals surface area contributed by atoms with Crippen LogP contribution < -0.4 is 16.0 Å². The second-order valence-electron chi connectivity index (χ2n) is 5.22. The van der Waals surface area contributed by atoms with E-state index in [-0.39, 0.29) is 23.8 Å². The molecule has 0 aromatic rings. The number of carbonyl (C=O) groups is 2. The Morgan fingerprint density at radius 2 is 2.10 bits per heavy atom. The molecule has 1 fully saturated rings. The lowest BCUT2D eigenvalue weighted by Crippen LogP contribution is -2.50. The first-order valence-corrected chi connectivity index (χ1v) is 7.48. The van der Waals surface area contributed by atoms with Crippen molar-refractivity contribution in [2.45, 2.75) is 32.4 Å². The van der Waals surface area contributed by atoms with Crippen LogP contribution in [0.1, 0.15) is 20.3 Å². The number of carbonyl (C=O) groups excluding carboxylic acids is 2. The smallest absolute Gasteiger partial charge is 0.242 e. The first-order valence-electron chi connectivity index (χ1n) is 7.48. The largest absolute Gasteiger partial charge is 0.383 e. The molecule has 0 radical (unpaired) electrons. The molecule has 1 aliphatic rings. The Bertz CT molecular complexity index is 338. The third kappa shape index (κ3) is 5.99. The summed E-state index contributed by atoms with van der Waals surface area (Å²) in [6, 6.07) is -0.546. The average molecular weight is 301 g/mol. The lowest BCUT2D eigenvalue weighted by atomic mass is 10.0. The molecular formula is C14H27N3O4. The highest BCUT2D eigenvalue weighted by Gasteiger charge is 2.34. The van der Waals surface area contributed by atoms with Crippen LogP contribution in [0.15, 0.2) is 0 Å². The van der Waals surface area contributed by atoms with Crippen molar-refractivity contribution in [1.29, 1.82) is 0 Å². The molecule has 7 heteroatoms. The molecule has 1 heterocycles.